The van der Waals surface area contributed by atoms with Gasteiger partial charge in [0.15, 0.2) is 0 Å². The van der Waals surface area contributed by atoms with E-state index in [2.05, 4.69) is 10.6 Å². The van der Waals surface area contributed by atoms with Crippen LogP contribution in [0.5, 0.6) is 5.75 Å². The van der Waals surface area contributed by atoms with Crippen LogP contribution in [0.15, 0.2) is 30.3 Å². The summed E-state index contributed by atoms with van der Waals surface area (Å²) in [5, 5.41) is 6.28. The number of ether oxygens (including phenoxy) is 1. The summed E-state index contributed by atoms with van der Waals surface area (Å²) in [6, 6.07) is 9.57. The molecule has 4 nitrogen and oxygen atoms in total. The lowest BCUT2D eigenvalue weighted by molar-refractivity contribution is -0.121. The molecular weight excluding hydrogens is 240 g/mol. The zero-order valence-corrected chi connectivity index (χ0v) is 11.2. The summed E-state index contributed by atoms with van der Waals surface area (Å²) in [4.78, 5) is 11.6. The molecule has 0 radical (unpaired) electrons. The zero-order valence-electron chi connectivity index (χ0n) is 11.2. The second kappa shape index (κ2) is 7.79. The molecule has 1 aromatic carbocycles. The Labute approximate surface area is 114 Å². The van der Waals surface area contributed by atoms with Gasteiger partial charge in [-0.05, 0) is 44.0 Å². The maximum atomic E-state index is 11.6. The standard InChI is InChI=1S/C15H22N2O2/c18-15(17-10-7-13-6-9-16-12-13)8-11-19-14-4-2-1-3-5-14/h1-5,13,16H,6-12H2,(H,17,18). The van der Waals surface area contributed by atoms with Crippen molar-refractivity contribution in [2.75, 3.05) is 26.2 Å². The van der Waals surface area contributed by atoms with Gasteiger partial charge in [-0.1, -0.05) is 18.2 Å². The van der Waals surface area contributed by atoms with Gasteiger partial charge in [-0.3, -0.25) is 4.79 Å². The van der Waals surface area contributed by atoms with Crippen LogP contribution in [0.3, 0.4) is 0 Å². The van der Waals surface area contributed by atoms with Crippen molar-refractivity contribution in [3.63, 3.8) is 0 Å². The Hall–Kier alpha value is -1.55. The molecule has 0 spiro atoms. The van der Waals surface area contributed by atoms with Gasteiger partial charge in [-0.25, -0.2) is 0 Å². The monoisotopic (exact) mass is 262 g/mol. The summed E-state index contributed by atoms with van der Waals surface area (Å²) < 4.78 is 5.49. The van der Waals surface area contributed by atoms with Crippen LogP contribution >= 0.6 is 0 Å². The first kappa shape index (κ1) is 13.9. The molecule has 2 N–H and O–H groups in total. The van der Waals surface area contributed by atoms with Crippen molar-refractivity contribution in [3.05, 3.63) is 30.3 Å². The van der Waals surface area contributed by atoms with Gasteiger partial charge in [-0.15, -0.1) is 0 Å². The second-order valence-electron chi connectivity index (χ2n) is 4.91. The summed E-state index contributed by atoms with van der Waals surface area (Å²) >= 11 is 0. The largest absolute Gasteiger partial charge is 0.493 e. The minimum absolute atomic E-state index is 0.0712. The summed E-state index contributed by atoms with van der Waals surface area (Å²) in [7, 11) is 0. The third kappa shape index (κ3) is 5.30. The van der Waals surface area contributed by atoms with E-state index < -0.39 is 0 Å². The first-order valence-electron chi connectivity index (χ1n) is 7.00. The van der Waals surface area contributed by atoms with E-state index in [-0.39, 0.29) is 5.91 Å². The Balaban J connectivity index is 1.52. The van der Waals surface area contributed by atoms with Gasteiger partial charge in [-0.2, -0.15) is 0 Å². The number of benzene rings is 1. The Morgan fingerprint density at radius 2 is 2.21 bits per heavy atom. The SMILES string of the molecule is O=C(CCOc1ccccc1)NCCC1CCNC1. The molecule has 0 aliphatic carbocycles. The lowest BCUT2D eigenvalue weighted by Crippen LogP contribution is -2.27. The van der Waals surface area contributed by atoms with E-state index >= 15 is 0 Å². The fourth-order valence-electron chi connectivity index (χ4n) is 2.24. The number of para-hydroxylation sites is 1. The molecule has 0 bridgehead atoms. The van der Waals surface area contributed by atoms with E-state index in [1.54, 1.807) is 0 Å². The zero-order chi connectivity index (χ0) is 13.3. The highest BCUT2D eigenvalue weighted by Crippen LogP contribution is 2.11. The molecule has 1 aliphatic rings. The fourth-order valence-corrected chi connectivity index (χ4v) is 2.24. The number of rotatable bonds is 7. The highest BCUT2D eigenvalue weighted by atomic mass is 16.5. The van der Waals surface area contributed by atoms with Crippen LogP contribution in [-0.4, -0.2) is 32.1 Å². The lowest BCUT2D eigenvalue weighted by atomic mass is 10.1. The molecule has 1 amide bonds. The number of carbonyl (C=O) groups excluding carboxylic acids is 1. The van der Waals surface area contributed by atoms with Crippen LogP contribution in [-0.2, 0) is 4.79 Å². The average molecular weight is 262 g/mol. The van der Waals surface area contributed by atoms with E-state index in [0.717, 1.165) is 37.7 Å². The minimum atomic E-state index is 0.0712. The first-order valence-corrected chi connectivity index (χ1v) is 7.00. The molecule has 1 fully saturated rings. The quantitative estimate of drug-likeness (QED) is 0.784. The molecular formula is C15H22N2O2. The Morgan fingerprint density at radius 3 is 2.95 bits per heavy atom. The number of hydrogen-bond acceptors (Lipinski definition) is 3. The number of nitrogens with one attached hydrogen (secondary N) is 2. The third-order valence-electron chi connectivity index (χ3n) is 3.38. The van der Waals surface area contributed by atoms with Gasteiger partial charge in [0.25, 0.3) is 0 Å². The number of carbonyl (C=O) groups is 1. The molecule has 4 heteroatoms. The van der Waals surface area contributed by atoms with Gasteiger partial charge < -0.3 is 15.4 Å². The van der Waals surface area contributed by atoms with E-state index in [9.17, 15) is 4.79 Å². The summed E-state index contributed by atoms with van der Waals surface area (Å²) in [6.45, 7) is 3.41. The van der Waals surface area contributed by atoms with Crippen molar-refractivity contribution in [2.24, 2.45) is 5.92 Å². The summed E-state index contributed by atoms with van der Waals surface area (Å²) in [5.41, 5.74) is 0. The van der Waals surface area contributed by atoms with Crippen molar-refractivity contribution in [1.82, 2.24) is 10.6 Å². The Bertz CT molecular complexity index is 375. The number of amides is 1. The van der Waals surface area contributed by atoms with Crippen LogP contribution < -0.4 is 15.4 Å². The maximum absolute atomic E-state index is 11.6. The van der Waals surface area contributed by atoms with Crippen LogP contribution in [0.2, 0.25) is 0 Å². The molecule has 0 aromatic heterocycles. The second-order valence-corrected chi connectivity index (χ2v) is 4.91. The van der Waals surface area contributed by atoms with E-state index in [4.69, 9.17) is 4.74 Å². The van der Waals surface area contributed by atoms with Crippen molar-refractivity contribution < 1.29 is 9.53 Å². The van der Waals surface area contributed by atoms with Gasteiger partial charge in [0.2, 0.25) is 5.91 Å². The topological polar surface area (TPSA) is 50.4 Å². The van der Waals surface area contributed by atoms with Gasteiger partial charge in [0, 0.05) is 6.54 Å². The van der Waals surface area contributed by atoms with Gasteiger partial charge in [0.1, 0.15) is 5.75 Å². The van der Waals surface area contributed by atoms with E-state index in [1.807, 2.05) is 30.3 Å². The van der Waals surface area contributed by atoms with Crippen molar-refractivity contribution in [2.45, 2.75) is 19.3 Å². The predicted octanol–water partition coefficient (Wildman–Crippen LogP) is 1.57. The molecule has 19 heavy (non-hydrogen) atoms. The molecule has 0 saturated carbocycles. The van der Waals surface area contributed by atoms with Crippen LogP contribution in [0.25, 0.3) is 0 Å². The van der Waals surface area contributed by atoms with Crippen LogP contribution in [0.4, 0.5) is 0 Å². The molecule has 1 aliphatic heterocycles. The van der Waals surface area contributed by atoms with Crippen LogP contribution in [0, 0.1) is 5.92 Å². The smallest absolute Gasteiger partial charge is 0.223 e. The lowest BCUT2D eigenvalue weighted by Gasteiger charge is -2.10. The highest BCUT2D eigenvalue weighted by molar-refractivity contribution is 5.75. The molecule has 1 heterocycles. The van der Waals surface area contributed by atoms with E-state index in [0.29, 0.717) is 13.0 Å². The maximum Gasteiger partial charge on any atom is 0.223 e. The highest BCUT2D eigenvalue weighted by Gasteiger charge is 2.13. The van der Waals surface area contributed by atoms with Crippen LogP contribution in [0.1, 0.15) is 19.3 Å². The first-order chi connectivity index (χ1) is 9.34. The molecule has 1 saturated heterocycles. The molecule has 1 unspecified atom stereocenters. The average Bonchev–Trinajstić information content (AvgIpc) is 2.93. The molecule has 104 valence electrons. The fraction of sp³-hybridized carbons (Fsp3) is 0.533. The normalized spacial score (nSPS) is 18.2. The third-order valence-corrected chi connectivity index (χ3v) is 3.38. The van der Waals surface area contributed by atoms with Crippen molar-refractivity contribution >= 4 is 5.91 Å². The predicted molar refractivity (Wildman–Crippen MR) is 75.2 cm³/mol. The van der Waals surface area contributed by atoms with Gasteiger partial charge in [0.05, 0.1) is 13.0 Å². The molecule has 1 atom stereocenters. The molecule has 1 aromatic rings. The number of hydrogen-bond donors (Lipinski definition) is 2. The van der Waals surface area contributed by atoms with Crippen molar-refractivity contribution in [3.8, 4) is 5.75 Å². The Kier molecular flexibility index (Phi) is 5.69. The molecule has 2 rings (SSSR count). The van der Waals surface area contributed by atoms with Crippen molar-refractivity contribution in [1.29, 1.82) is 0 Å². The van der Waals surface area contributed by atoms with Gasteiger partial charge >= 0.3 is 0 Å². The summed E-state index contributed by atoms with van der Waals surface area (Å²) in [5.74, 6) is 1.61. The minimum Gasteiger partial charge on any atom is -0.493 e. The Morgan fingerprint density at radius 1 is 1.37 bits per heavy atom. The summed E-state index contributed by atoms with van der Waals surface area (Å²) in [6.07, 6.45) is 2.71. The van der Waals surface area contributed by atoms with E-state index in [1.165, 1.54) is 6.42 Å².